The number of aromatic nitrogens is 2. The molecule has 1 saturated carbocycles. The highest BCUT2D eigenvalue weighted by molar-refractivity contribution is 6.03. The highest BCUT2D eigenvalue weighted by atomic mass is 16.5. The lowest BCUT2D eigenvalue weighted by atomic mass is 10.1. The average molecular weight is 341 g/mol. The third kappa shape index (κ3) is 4.21. The minimum atomic E-state index is -0.199. The molecule has 134 valence electrons. The summed E-state index contributed by atoms with van der Waals surface area (Å²) in [6.45, 7) is 8.10. The molecule has 25 heavy (non-hydrogen) atoms. The molecule has 3 rings (SSSR count). The largest absolute Gasteiger partial charge is 0.490 e. The van der Waals surface area contributed by atoms with Gasteiger partial charge in [0, 0.05) is 11.6 Å². The predicted molar refractivity (Wildman–Crippen MR) is 99.2 cm³/mol. The second-order valence-electron chi connectivity index (χ2n) is 7.76. The van der Waals surface area contributed by atoms with Crippen LogP contribution >= 0.6 is 0 Å². The number of hydrogen-bond donors (Lipinski definition) is 1. The molecule has 0 unspecified atom stereocenters. The molecule has 1 fully saturated rings. The minimum Gasteiger partial charge on any atom is -0.490 e. The Morgan fingerprint density at radius 2 is 1.84 bits per heavy atom. The van der Waals surface area contributed by atoms with E-state index in [0.29, 0.717) is 17.5 Å². The summed E-state index contributed by atoms with van der Waals surface area (Å²) in [5, 5.41) is 7.45. The van der Waals surface area contributed by atoms with E-state index in [1.54, 1.807) is 0 Å². The van der Waals surface area contributed by atoms with E-state index in [0.717, 1.165) is 24.3 Å². The Bertz CT molecular complexity index is 735. The first kappa shape index (κ1) is 17.5. The lowest BCUT2D eigenvalue weighted by molar-refractivity contribution is 0.102. The first-order chi connectivity index (χ1) is 11.8. The molecule has 1 aliphatic rings. The average Bonchev–Trinajstić information content (AvgIpc) is 3.17. The molecule has 2 aromatic rings. The summed E-state index contributed by atoms with van der Waals surface area (Å²) >= 11 is 0. The van der Waals surface area contributed by atoms with Gasteiger partial charge in [-0.2, -0.15) is 5.10 Å². The van der Waals surface area contributed by atoms with Crippen LogP contribution in [0, 0.1) is 6.92 Å². The summed E-state index contributed by atoms with van der Waals surface area (Å²) in [5.41, 5.74) is 1.29. The quantitative estimate of drug-likeness (QED) is 0.889. The molecule has 5 heteroatoms. The number of amides is 1. The first-order valence-electron chi connectivity index (χ1n) is 8.98. The molecule has 0 aliphatic heterocycles. The minimum absolute atomic E-state index is 0.141. The standard InChI is InChI=1S/C20H27N3O2/c1-14-13-18(23(22-14)20(2,3)4)21-19(24)15-9-11-17(12-10-15)25-16-7-5-6-8-16/h9-13,16H,5-8H2,1-4H3,(H,21,24). The highest BCUT2D eigenvalue weighted by Gasteiger charge is 2.21. The number of anilines is 1. The number of carbonyl (C=O) groups excluding carboxylic acids is 1. The molecular weight excluding hydrogens is 314 g/mol. The van der Waals surface area contributed by atoms with Gasteiger partial charge in [0.2, 0.25) is 0 Å². The maximum Gasteiger partial charge on any atom is 0.256 e. The Hall–Kier alpha value is -2.30. The third-order valence-electron chi connectivity index (χ3n) is 4.43. The summed E-state index contributed by atoms with van der Waals surface area (Å²) in [7, 11) is 0. The Morgan fingerprint density at radius 1 is 1.20 bits per heavy atom. The smallest absolute Gasteiger partial charge is 0.256 e. The Kier molecular flexibility index (Phi) is 4.84. The molecule has 5 nitrogen and oxygen atoms in total. The van der Waals surface area contributed by atoms with Gasteiger partial charge >= 0.3 is 0 Å². The summed E-state index contributed by atoms with van der Waals surface area (Å²) in [4.78, 5) is 12.6. The van der Waals surface area contributed by atoms with Crippen LogP contribution in [0.15, 0.2) is 30.3 Å². The number of nitrogens with one attached hydrogen (secondary N) is 1. The van der Waals surface area contributed by atoms with Crippen molar-refractivity contribution >= 4 is 11.7 Å². The normalized spacial score (nSPS) is 15.4. The van der Waals surface area contributed by atoms with Gasteiger partial charge in [-0.15, -0.1) is 0 Å². The van der Waals surface area contributed by atoms with E-state index in [9.17, 15) is 4.79 Å². The zero-order valence-corrected chi connectivity index (χ0v) is 15.5. The van der Waals surface area contributed by atoms with Crippen molar-refractivity contribution < 1.29 is 9.53 Å². The van der Waals surface area contributed by atoms with Gasteiger partial charge in [-0.25, -0.2) is 4.68 Å². The number of aryl methyl sites for hydroxylation is 1. The summed E-state index contributed by atoms with van der Waals surface area (Å²) in [6.07, 6.45) is 5.05. The van der Waals surface area contributed by atoms with Crippen LogP contribution in [0.2, 0.25) is 0 Å². The van der Waals surface area contributed by atoms with Crippen LogP contribution in [0.25, 0.3) is 0 Å². The van der Waals surface area contributed by atoms with Crippen LogP contribution in [0.1, 0.15) is 62.5 Å². The van der Waals surface area contributed by atoms with Crippen LogP contribution in [0.3, 0.4) is 0 Å². The molecule has 0 atom stereocenters. The topological polar surface area (TPSA) is 56.1 Å². The van der Waals surface area contributed by atoms with E-state index in [1.807, 2.05) is 41.9 Å². The lowest BCUT2D eigenvalue weighted by Gasteiger charge is -2.22. The molecule has 1 aromatic carbocycles. The number of benzene rings is 1. The van der Waals surface area contributed by atoms with Crippen molar-refractivity contribution in [2.24, 2.45) is 0 Å². The van der Waals surface area contributed by atoms with E-state index in [2.05, 4.69) is 31.2 Å². The van der Waals surface area contributed by atoms with Crippen LogP contribution in [-0.2, 0) is 5.54 Å². The second-order valence-corrected chi connectivity index (χ2v) is 7.76. The van der Waals surface area contributed by atoms with E-state index in [1.165, 1.54) is 12.8 Å². The summed E-state index contributed by atoms with van der Waals surface area (Å²) < 4.78 is 7.79. The Morgan fingerprint density at radius 3 is 2.44 bits per heavy atom. The van der Waals surface area contributed by atoms with Crippen molar-refractivity contribution in [3.05, 3.63) is 41.6 Å². The van der Waals surface area contributed by atoms with Crippen molar-refractivity contribution in [3.8, 4) is 5.75 Å². The maximum absolute atomic E-state index is 12.6. The van der Waals surface area contributed by atoms with Gasteiger partial charge in [0.1, 0.15) is 11.6 Å². The van der Waals surface area contributed by atoms with E-state index in [4.69, 9.17) is 4.74 Å². The Labute approximate surface area is 149 Å². The molecule has 1 aliphatic carbocycles. The molecule has 1 amide bonds. The zero-order valence-electron chi connectivity index (χ0n) is 15.5. The fourth-order valence-corrected chi connectivity index (χ4v) is 3.17. The predicted octanol–water partition coefficient (Wildman–Crippen LogP) is 4.52. The third-order valence-corrected chi connectivity index (χ3v) is 4.43. The van der Waals surface area contributed by atoms with E-state index in [-0.39, 0.29) is 11.4 Å². The molecule has 0 radical (unpaired) electrons. The molecular formula is C20H27N3O2. The summed E-state index contributed by atoms with van der Waals surface area (Å²) in [5.74, 6) is 1.40. The van der Waals surface area contributed by atoms with Gasteiger partial charge in [0.05, 0.1) is 17.3 Å². The monoisotopic (exact) mass is 341 g/mol. The number of ether oxygens (including phenoxy) is 1. The van der Waals surface area contributed by atoms with Crippen molar-refractivity contribution in [2.45, 2.75) is 65.0 Å². The van der Waals surface area contributed by atoms with Crippen molar-refractivity contribution in [2.75, 3.05) is 5.32 Å². The molecule has 0 bridgehead atoms. The van der Waals surface area contributed by atoms with Gasteiger partial charge < -0.3 is 10.1 Å². The van der Waals surface area contributed by atoms with Crippen molar-refractivity contribution in [1.29, 1.82) is 0 Å². The van der Waals surface area contributed by atoms with Crippen LogP contribution < -0.4 is 10.1 Å². The number of carbonyl (C=O) groups is 1. The van der Waals surface area contributed by atoms with Crippen LogP contribution in [0.4, 0.5) is 5.82 Å². The second kappa shape index (κ2) is 6.90. The SMILES string of the molecule is Cc1cc(NC(=O)c2ccc(OC3CCCC3)cc2)n(C(C)(C)C)n1. The van der Waals surface area contributed by atoms with Crippen molar-refractivity contribution in [3.63, 3.8) is 0 Å². The van der Waals surface area contributed by atoms with E-state index < -0.39 is 0 Å². The highest BCUT2D eigenvalue weighted by Crippen LogP contribution is 2.25. The van der Waals surface area contributed by atoms with Crippen molar-refractivity contribution in [1.82, 2.24) is 9.78 Å². The van der Waals surface area contributed by atoms with Gasteiger partial charge in [-0.1, -0.05) is 0 Å². The maximum atomic E-state index is 12.6. The first-order valence-corrected chi connectivity index (χ1v) is 8.98. The van der Waals surface area contributed by atoms with E-state index >= 15 is 0 Å². The number of nitrogens with zero attached hydrogens (tertiary/aromatic N) is 2. The fraction of sp³-hybridized carbons (Fsp3) is 0.500. The van der Waals surface area contributed by atoms with Gasteiger partial charge in [0.25, 0.3) is 5.91 Å². The molecule has 1 aromatic heterocycles. The summed E-state index contributed by atoms with van der Waals surface area (Å²) in [6, 6.07) is 9.26. The fourth-order valence-electron chi connectivity index (χ4n) is 3.17. The number of hydrogen-bond acceptors (Lipinski definition) is 3. The molecule has 0 saturated heterocycles. The van der Waals surface area contributed by atoms with Gasteiger partial charge in [-0.05, 0) is 77.6 Å². The van der Waals surface area contributed by atoms with Gasteiger partial charge in [-0.3, -0.25) is 4.79 Å². The Balaban J connectivity index is 1.69. The lowest BCUT2D eigenvalue weighted by Crippen LogP contribution is -2.26. The number of rotatable bonds is 4. The van der Waals surface area contributed by atoms with Crippen LogP contribution in [-0.4, -0.2) is 21.8 Å². The van der Waals surface area contributed by atoms with Crippen LogP contribution in [0.5, 0.6) is 5.75 Å². The zero-order chi connectivity index (χ0) is 18.0. The molecule has 0 spiro atoms. The molecule has 1 N–H and O–H groups in total. The van der Waals surface area contributed by atoms with Gasteiger partial charge in [0.15, 0.2) is 0 Å². The molecule has 1 heterocycles.